The Kier molecular flexibility index (Phi) is 6.57. The Morgan fingerprint density at radius 1 is 1.19 bits per heavy atom. The van der Waals surface area contributed by atoms with Gasteiger partial charge in [-0.1, -0.05) is 55.5 Å². The lowest BCUT2D eigenvalue weighted by Gasteiger charge is -2.27. The average molecular weight is 327 g/mol. The molecule has 1 nitrogen and oxygen atoms in total. The number of hydrogen-bond donors (Lipinski definition) is 0. The molecule has 1 fully saturated rings. The fourth-order valence-corrected chi connectivity index (χ4v) is 3.74. The topological polar surface area (TPSA) is 17.1 Å². The monoisotopic (exact) mass is 326 g/mol. The van der Waals surface area contributed by atoms with E-state index in [9.17, 15) is 4.79 Å². The number of carbonyl (C=O) groups is 1. The van der Waals surface area contributed by atoms with Gasteiger partial charge in [-0.05, 0) is 49.3 Å². The van der Waals surface area contributed by atoms with Gasteiger partial charge in [0.25, 0.3) is 0 Å². The zero-order valence-electron chi connectivity index (χ0n) is 12.7. The molecule has 0 atom stereocenters. The zero-order valence-corrected chi connectivity index (χ0v) is 14.2. The third-order valence-electron chi connectivity index (χ3n) is 4.65. The van der Waals surface area contributed by atoms with Gasteiger partial charge in [-0.3, -0.25) is 4.79 Å². The Morgan fingerprint density at radius 3 is 2.52 bits per heavy atom. The Hall–Kier alpha value is -0.530. The summed E-state index contributed by atoms with van der Waals surface area (Å²) in [5.41, 5.74) is 0.902. The molecule has 1 saturated carbocycles. The van der Waals surface area contributed by atoms with Crippen molar-refractivity contribution >= 4 is 29.0 Å². The van der Waals surface area contributed by atoms with Gasteiger partial charge in [-0.25, -0.2) is 0 Å². The second-order valence-electron chi connectivity index (χ2n) is 6.24. The van der Waals surface area contributed by atoms with Crippen molar-refractivity contribution in [3.8, 4) is 0 Å². The maximum Gasteiger partial charge on any atom is 0.140 e. The van der Waals surface area contributed by atoms with E-state index in [4.69, 9.17) is 23.2 Å². The van der Waals surface area contributed by atoms with Crippen molar-refractivity contribution in [2.75, 3.05) is 0 Å². The Balaban J connectivity index is 1.84. The summed E-state index contributed by atoms with van der Waals surface area (Å²) in [6.45, 7) is 2.24. The molecule has 1 aliphatic carbocycles. The van der Waals surface area contributed by atoms with Crippen LogP contribution in [0.4, 0.5) is 0 Å². The van der Waals surface area contributed by atoms with Gasteiger partial charge in [-0.2, -0.15) is 0 Å². The lowest BCUT2D eigenvalue weighted by atomic mass is 9.77. The van der Waals surface area contributed by atoms with Crippen molar-refractivity contribution in [3.63, 3.8) is 0 Å². The van der Waals surface area contributed by atoms with Gasteiger partial charge >= 0.3 is 0 Å². The predicted molar refractivity (Wildman–Crippen MR) is 90.1 cm³/mol. The van der Waals surface area contributed by atoms with Crippen LogP contribution in [0.15, 0.2) is 18.2 Å². The number of benzene rings is 1. The predicted octanol–water partition coefficient (Wildman–Crippen LogP) is 6.10. The molecule has 0 spiro atoms. The highest BCUT2D eigenvalue weighted by atomic mass is 35.5. The van der Waals surface area contributed by atoms with Crippen LogP contribution in [0.1, 0.15) is 57.4 Å². The van der Waals surface area contributed by atoms with E-state index >= 15 is 0 Å². The van der Waals surface area contributed by atoms with Crippen LogP contribution in [0.3, 0.4) is 0 Å². The third kappa shape index (κ3) is 5.00. The largest absolute Gasteiger partial charge is 0.299 e. The number of carbonyl (C=O) groups excluding carboxylic acids is 1. The van der Waals surface area contributed by atoms with E-state index in [2.05, 4.69) is 6.92 Å². The second kappa shape index (κ2) is 8.19. The highest BCUT2D eigenvalue weighted by molar-refractivity contribution is 6.35. The minimum Gasteiger partial charge on any atom is -0.299 e. The molecule has 0 unspecified atom stereocenters. The molecule has 0 amide bonds. The maximum atomic E-state index is 12.4. The molecule has 3 heteroatoms. The molecule has 1 aromatic carbocycles. The zero-order chi connectivity index (χ0) is 15.2. The van der Waals surface area contributed by atoms with Crippen molar-refractivity contribution in [1.29, 1.82) is 0 Å². The summed E-state index contributed by atoms with van der Waals surface area (Å²) in [4.78, 5) is 12.4. The first-order chi connectivity index (χ1) is 10.1. The van der Waals surface area contributed by atoms with Gasteiger partial charge in [0.1, 0.15) is 5.78 Å². The molecule has 0 saturated heterocycles. The molecule has 0 bridgehead atoms. The summed E-state index contributed by atoms with van der Waals surface area (Å²) < 4.78 is 0. The summed E-state index contributed by atoms with van der Waals surface area (Å²) in [6.07, 6.45) is 8.91. The summed E-state index contributed by atoms with van der Waals surface area (Å²) in [5.74, 6) is 1.41. The Labute approximate surface area is 138 Å². The molecule has 1 aliphatic rings. The number of Topliss-reactive ketones (excluding diaryl/α,β-unsaturated/α-hetero) is 1. The smallest absolute Gasteiger partial charge is 0.140 e. The van der Waals surface area contributed by atoms with E-state index in [1.807, 2.05) is 6.07 Å². The van der Waals surface area contributed by atoms with Gasteiger partial charge in [-0.15, -0.1) is 0 Å². The highest BCUT2D eigenvalue weighted by Crippen LogP contribution is 2.33. The van der Waals surface area contributed by atoms with E-state index in [1.54, 1.807) is 12.1 Å². The van der Waals surface area contributed by atoms with Crippen molar-refractivity contribution < 1.29 is 4.79 Å². The van der Waals surface area contributed by atoms with Crippen LogP contribution in [0.5, 0.6) is 0 Å². The number of ketones is 1. The SMILES string of the molecule is CCCCC1CCC(C(=O)Cc2ccc(Cl)cc2Cl)CC1. The first-order valence-corrected chi connectivity index (χ1v) is 8.82. The molecule has 0 N–H and O–H groups in total. The van der Waals surface area contributed by atoms with Crippen LogP contribution in [0, 0.1) is 11.8 Å². The van der Waals surface area contributed by atoms with Crippen LogP contribution in [0.25, 0.3) is 0 Å². The van der Waals surface area contributed by atoms with Gasteiger partial charge in [0.15, 0.2) is 0 Å². The maximum absolute atomic E-state index is 12.4. The number of halogens is 2. The lowest BCUT2D eigenvalue weighted by Crippen LogP contribution is -2.23. The summed E-state index contributed by atoms with van der Waals surface area (Å²) in [7, 11) is 0. The van der Waals surface area contributed by atoms with E-state index in [1.165, 1.54) is 32.1 Å². The summed E-state index contributed by atoms with van der Waals surface area (Å²) >= 11 is 12.0. The fraction of sp³-hybridized carbons (Fsp3) is 0.611. The van der Waals surface area contributed by atoms with E-state index < -0.39 is 0 Å². The van der Waals surface area contributed by atoms with E-state index in [0.717, 1.165) is 24.3 Å². The summed E-state index contributed by atoms with van der Waals surface area (Å²) in [6, 6.07) is 5.39. The number of hydrogen-bond acceptors (Lipinski definition) is 1. The Bertz CT molecular complexity index is 476. The molecule has 0 heterocycles. The molecule has 0 aromatic heterocycles. The first kappa shape index (κ1) is 16.8. The molecule has 0 aliphatic heterocycles. The van der Waals surface area contributed by atoms with Crippen LogP contribution >= 0.6 is 23.2 Å². The van der Waals surface area contributed by atoms with Gasteiger partial charge < -0.3 is 0 Å². The second-order valence-corrected chi connectivity index (χ2v) is 7.08. The van der Waals surface area contributed by atoms with Crippen LogP contribution in [-0.4, -0.2) is 5.78 Å². The fourth-order valence-electron chi connectivity index (χ4n) is 3.26. The van der Waals surface area contributed by atoms with E-state index in [-0.39, 0.29) is 5.92 Å². The van der Waals surface area contributed by atoms with Gasteiger partial charge in [0, 0.05) is 22.4 Å². The van der Waals surface area contributed by atoms with Crippen molar-refractivity contribution in [2.24, 2.45) is 11.8 Å². The average Bonchev–Trinajstić information content (AvgIpc) is 2.48. The minimum absolute atomic E-state index is 0.231. The Morgan fingerprint density at radius 2 is 1.90 bits per heavy atom. The summed E-state index contributed by atoms with van der Waals surface area (Å²) in [5, 5.41) is 1.22. The molecule has 21 heavy (non-hydrogen) atoms. The van der Waals surface area contributed by atoms with Crippen LogP contribution < -0.4 is 0 Å². The van der Waals surface area contributed by atoms with Crippen LogP contribution in [0.2, 0.25) is 10.0 Å². The first-order valence-electron chi connectivity index (χ1n) is 8.06. The molecular weight excluding hydrogens is 303 g/mol. The van der Waals surface area contributed by atoms with E-state index in [0.29, 0.717) is 22.2 Å². The lowest BCUT2D eigenvalue weighted by molar-refractivity contribution is -0.123. The molecular formula is C18H24Cl2O. The van der Waals surface area contributed by atoms with Crippen molar-refractivity contribution in [3.05, 3.63) is 33.8 Å². The molecule has 2 rings (SSSR count). The third-order valence-corrected chi connectivity index (χ3v) is 5.23. The normalized spacial score (nSPS) is 22.2. The standard InChI is InChI=1S/C18H24Cl2O/c1-2-3-4-13-5-7-14(8-6-13)18(21)11-15-9-10-16(19)12-17(15)20/h9-10,12-14H,2-8,11H2,1H3. The number of unbranched alkanes of at least 4 members (excludes halogenated alkanes) is 1. The number of rotatable bonds is 6. The molecule has 116 valence electrons. The van der Waals surface area contributed by atoms with Crippen molar-refractivity contribution in [1.82, 2.24) is 0 Å². The molecule has 0 radical (unpaired) electrons. The van der Waals surface area contributed by atoms with Gasteiger partial charge in [0.05, 0.1) is 0 Å². The minimum atomic E-state index is 0.231. The molecule has 1 aromatic rings. The quantitative estimate of drug-likeness (QED) is 0.617. The van der Waals surface area contributed by atoms with Crippen LogP contribution in [-0.2, 0) is 11.2 Å². The van der Waals surface area contributed by atoms with Crippen molar-refractivity contribution in [2.45, 2.75) is 58.3 Å². The highest BCUT2D eigenvalue weighted by Gasteiger charge is 2.26. The van der Waals surface area contributed by atoms with Gasteiger partial charge in [0.2, 0.25) is 0 Å².